The van der Waals surface area contributed by atoms with Crippen LogP contribution in [0, 0.1) is 11.3 Å². The number of carbonyl (C=O) groups is 1. The smallest absolute Gasteiger partial charge is 0.262 e. The number of nitrogens with one attached hydrogen (secondary N) is 1. The molecule has 0 aliphatic heterocycles. The van der Waals surface area contributed by atoms with Crippen molar-refractivity contribution in [1.29, 1.82) is 5.26 Å². The Morgan fingerprint density at radius 2 is 1.83 bits per heavy atom. The van der Waals surface area contributed by atoms with Crippen LogP contribution < -0.4 is 5.32 Å². The van der Waals surface area contributed by atoms with Crippen molar-refractivity contribution in [3.05, 3.63) is 78.0 Å². The zero-order chi connectivity index (χ0) is 16.8. The average molecular weight is 315 g/mol. The number of hydrogen-bond donors (Lipinski definition) is 1. The van der Waals surface area contributed by atoms with Gasteiger partial charge in [0.25, 0.3) is 5.91 Å². The Labute approximate surface area is 140 Å². The number of carbonyl (C=O) groups excluding carboxylic acids is 1. The largest absolute Gasteiger partial charge is 0.350 e. The summed E-state index contributed by atoms with van der Waals surface area (Å²) in [4.78, 5) is 12.2. The van der Waals surface area contributed by atoms with Gasteiger partial charge in [-0.3, -0.25) is 4.79 Å². The van der Waals surface area contributed by atoms with Crippen molar-refractivity contribution in [1.82, 2.24) is 9.88 Å². The zero-order valence-corrected chi connectivity index (χ0v) is 13.1. The molecule has 1 N–H and O–H groups in total. The number of benzene rings is 2. The Balaban J connectivity index is 1.63. The maximum Gasteiger partial charge on any atom is 0.262 e. The molecule has 4 nitrogen and oxygen atoms in total. The monoisotopic (exact) mass is 315 g/mol. The van der Waals surface area contributed by atoms with E-state index in [1.807, 2.05) is 66.9 Å². The molecule has 0 bridgehead atoms. The SMILES string of the molecule is N#C/C(=C\c1ccccc1)C(=O)NCCn1ccc2ccccc21. The van der Waals surface area contributed by atoms with E-state index in [9.17, 15) is 10.1 Å². The van der Waals surface area contributed by atoms with Gasteiger partial charge < -0.3 is 9.88 Å². The van der Waals surface area contributed by atoms with Crippen molar-refractivity contribution in [3.8, 4) is 6.07 Å². The van der Waals surface area contributed by atoms with E-state index >= 15 is 0 Å². The molecule has 0 saturated carbocycles. The number of hydrogen-bond acceptors (Lipinski definition) is 2. The molecule has 2 aromatic carbocycles. The van der Waals surface area contributed by atoms with Crippen LogP contribution in [-0.2, 0) is 11.3 Å². The standard InChI is InChI=1S/C20H17N3O/c21-15-18(14-16-6-2-1-3-7-16)20(24)22-11-13-23-12-10-17-8-4-5-9-19(17)23/h1-10,12,14H,11,13H2,(H,22,24)/b18-14+. The van der Waals surface area contributed by atoms with Gasteiger partial charge >= 0.3 is 0 Å². The first-order chi connectivity index (χ1) is 11.8. The highest BCUT2D eigenvalue weighted by atomic mass is 16.1. The van der Waals surface area contributed by atoms with E-state index in [4.69, 9.17) is 0 Å². The van der Waals surface area contributed by atoms with Crippen LogP contribution in [0.4, 0.5) is 0 Å². The van der Waals surface area contributed by atoms with Gasteiger partial charge in [0.2, 0.25) is 0 Å². The third-order valence-corrected chi connectivity index (χ3v) is 3.79. The molecule has 0 spiro atoms. The summed E-state index contributed by atoms with van der Waals surface area (Å²) in [5.41, 5.74) is 2.08. The molecule has 0 atom stereocenters. The second kappa shape index (κ2) is 7.30. The van der Waals surface area contributed by atoms with Gasteiger partial charge in [0.05, 0.1) is 0 Å². The topological polar surface area (TPSA) is 57.8 Å². The number of aromatic nitrogens is 1. The van der Waals surface area contributed by atoms with Gasteiger partial charge in [-0.2, -0.15) is 5.26 Å². The highest BCUT2D eigenvalue weighted by molar-refractivity contribution is 6.01. The fourth-order valence-electron chi connectivity index (χ4n) is 2.59. The number of nitrogens with zero attached hydrogens (tertiary/aromatic N) is 2. The normalized spacial score (nSPS) is 11.2. The van der Waals surface area contributed by atoms with Crippen LogP contribution in [0.2, 0.25) is 0 Å². The molecule has 4 heteroatoms. The number of para-hydroxylation sites is 1. The summed E-state index contributed by atoms with van der Waals surface area (Å²) in [5, 5.41) is 13.2. The van der Waals surface area contributed by atoms with Gasteiger partial charge in [-0.15, -0.1) is 0 Å². The second-order valence-corrected chi connectivity index (χ2v) is 5.40. The van der Waals surface area contributed by atoms with E-state index < -0.39 is 0 Å². The summed E-state index contributed by atoms with van der Waals surface area (Å²) >= 11 is 0. The predicted molar refractivity (Wildman–Crippen MR) is 95.0 cm³/mol. The van der Waals surface area contributed by atoms with Gasteiger partial charge in [-0.05, 0) is 29.2 Å². The molecular formula is C20H17N3O. The predicted octanol–water partition coefficient (Wildman–Crippen LogP) is 3.36. The van der Waals surface area contributed by atoms with Crippen LogP contribution in [0.5, 0.6) is 0 Å². The molecule has 3 aromatic rings. The average Bonchev–Trinajstić information content (AvgIpc) is 3.04. The highest BCUT2D eigenvalue weighted by Gasteiger charge is 2.08. The fourth-order valence-corrected chi connectivity index (χ4v) is 2.59. The molecule has 0 radical (unpaired) electrons. The molecule has 3 rings (SSSR count). The minimum absolute atomic E-state index is 0.110. The number of nitriles is 1. The molecule has 118 valence electrons. The van der Waals surface area contributed by atoms with Crippen LogP contribution in [0.1, 0.15) is 5.56 Å². The molecule has 1 heterocycles. The van der Waals surface area contributed by atoms with Crippen molar-refractivity contribution in [2.75, 3.05) is 6.54 Å². The minimum atomic E-state index is -0.349. The van der Waals surface area contributed by atoms with Crippen molar-refractivity contribution in [2.45, 2.75) is 6.54 Å². The molecule has 0 aliphatic rings. The Morgan fingerprint density at radius 1 is 1.08 bits per heavy atom. The summed E-state index contributed by atoms with van der Waals surface area (Å²) in [7, 11) is 0. The lowest BCUT2D eigenvalue weighted by Gasteiger charge is -2.07. The summed E-state index contributed by atoms with van der Waals surface area (Å²) in [6.07, 6.45) is 3.60. The maximum atomic E-state index is 12.2. The van der Waals surface area contributed by atoms with Crippen LogP contribution in [0.25, 0.3) is 17.0 Å². The fraction of sp³-hybridized carbons (Fsp3) is 0.100. The van der Waals surface area contributed by atoms with Gasteiger partial charge in [-0.25, -0.2) is 0 Å². The van der Waals surface area contributed by atoms with Crippen LogP contribution in [0.15, 0.2) is 72.4 Å². The van der Waals surface area contributed by atoms with E-state index in [0.29, 0.717) is 13.1 Å². The third kappa shape index (κ3) is 3.53. The zero-order valence-electron chi connectivity index (χ0n) is 13.1. The molecule has 0 aliphatic carbocycles. The summed E-state index contributed by atoms with van der Waals surface area (Å²) in [6.45, 7) is 1.12. The van der Waals surface area contributed by atoms with Gasteiger partial charge in [-0.1, -0.05) is 48.5 Å². The van der Waals surface area contributed by atoms with Crippen molar-refractivity contribution in [3.63, 3.8) is 0 Å². The Hall–Kier alpha value is -3.32. The Morgan fingerprint density at radius 3 is 2.62 bits per heavy atom. The van der Waals surface area contributed by atoms with Gasteiger partial charge in [0, 0.05) is 24.8 Å². The first-order valence-corrected chi connectivity index (χ1v) is 7.77. The summed E-state index contributed by atoms with van der Waals surface area (Å²) < 4.78 is 2.09. The maximum absolute atomic E-state index is 12.2. The Bertz CT molecular complexity index is 917. The number of fused-ring (bicyclic) bond motifs is 1. The van der Waals surface area contributed by atoms with Gasteiger partial charge in [0.1, 0.15) is 11.6 Å². The van der Waals surface area contributed by atoms with Crippen LogP contribution in [0.3, 0.4) is 0 Å². The van der Waals surface area contributed by atoms with E-state index in [1.165, 1.54) is 5.39 Å². The molecule has 0 fully saturated rings. The lowest BCUT2D eigenvalue weighted by molar-refractivity contribution is -0.117. The van der Waals surface area contributed by atoms with E-state index in [2.05, 4.69) is 16.0 Å². The van der Waals surface area contributed by atoms with Crippen molar-refractivity contribution >= 4 is 22.9 Å². The number of amides is 1. The molecule has 24 heavy (non-hydrogen) atoms. The second-order valence-electron chi connectivity index (χ2n) is 5.40. The molecule has 1 aromatic heterocycles. The molecule has 1 amide bonds. The van der Waals surface area contributed by atoms with E-state index in [1.54, 1.807) is 6.08 Å². The van der Waals surface area contributed by atoms with Crippen molar-refractivity contribution < 1.29 is 4.79 Å². The molecular weight excluding hydrogens is 298 g/mol. The highest BCUT2D eigenvalue weighted by Crippen LogP contribution is 2.14. The van der Waals surface area contributed by atoms with E-state index in [-0.39, 0.29) is 11.5 Å². The van der Waals surface area contributed by atoms with Crippen LogP contribution in [-0.4, -0.2) is 17.0 Å². The lowest BCUT2D eigenvalue weighted by Crippen LogP contribution is -2.28. The quantitative estimate of drug-likeness (QED) is 0.580. The van der Waals surface area contributed by atoms with Crippen molar-refractivity contribution in [2.24, 2.45) is 0 Å². The molecule has 0 saturated heterocycles. The number of rotatable bonds is 5. The first kappa shape index (κ1) is 15.6. The summed E-state index contributed by atoms with van der Waals surface area (Å²) in [5.74, 6) is -0.349. The lowest BCUT2D eigenvalue weighted by atomic mass is 10.1. The Kier molecular flexibility index (Phi) is 4.73. The summed E-state index contributed by atoms with van der Waals surface area (Å²) in [6, 6.07) is 21.5. The first-order valence-electron chi connectivity index (χ1n) is 7.77. The third-order valence-electron chi connectivity index (χ3n) is 3.79. The van der Waals surface area contributed by atoms with Gasteiger partial charge in [0.15, 0.2) is 0 Å². The molecule has 0 unspecified atom stereocenters. The minimum Gasteiger partial charge on any atom is -0.350 e. The van der Waals surface area contributed by atoms with E-state index in [0.717, 1.165) is 11.1 Å². The van der Waals surface area contributed by atoms with Crippen LogP contribution >= 0.6 is 0 Å².